The van der Waals surface area contributed by atoms with Gasteiger partial charge in [-0.2, -0.15) is 13.2 Å². The summed E-state index contributed by atoms with van der Waals surface area (Å²) in [7, 11) is 0. The molecule has 38 heavy (non-hydrogen) atoms. The van der Waals surface area contributed by atoms with E-state index in [1.165, 1.54) is 30.5 Å². The zero-order valence-corrected chi connectivity index (χ0v) is 21.2. The number of carboxylic acid groups (broad SMARTS) is 2. The van der Waals surface area contributed by atoms with E-state index in [0.29, 0.717) is 32.0 Å². The smallest absolute Gasteiger partial charge is 0.450 e. The Balaban J connectivity index is 0.000000786. The van der Waals surface area contributed by atoms with Gasteiger partial charge in [0, 0.05) is 36.8 Å². The molecule has 7 nitrogen and oxygen atoms in total. The molecule has 1 fully saturated rings. The van der Waals surface area contributed by atoms with E-state index in [2.05, 4.69) is 16.5 Å². The summed E-state index contributed by atoms with van der Waals surface area (Å²) in [5.41, 5.74) is 3.19. The van der Waals surface area contributed by atoms with E-state index < -0.39 is 17.9 Å². The van der Waals surface area contributed by atoms with Gasteiger partial charge in [-0.1, -0.05) is 31.9 Å². The minimum absolute atomic E-state index is 0.212. The number of benzene rings is 1. The molecule has 2 aromatic heterocycles. The molecule has 1 saturated carbocycles. The molecule has 2 N–H and O–H groups in total. The third-order valence-corrected chi connectivity index (χ3v) is 7.59. The van der Waals surface area contributed by atoms with E-state index in [1.54, 1.807) is 6.20 Å². The van der Waals surface area contributed by atoms with Gasteiger partial charge in [-0.3, -0.25) is 4.79 Å². The minimum Gasteiger partial charge on any atom is -0.450 e. The van der Waals surface area contributed by atoms with Gasteiger partial charge in [0.2, 0.25) is 5.91 Å². The highest BCUT2D eigenvalue weighted by molar-refractivity contribution is 5.84. The highest BCUT2D eigenvalue weighted by Gasteiger charge is 2.31. The molecule has 1 aliphatic carbocycles. The van der Waals surface area contributed by atoms with Gasteiger partial charge in [0.15, 0.2) is 0 Å². The van der Waals surface area contributed by atoms with Gasteiger partial charge in [-0.05, 0) is 66.5 Å². The molecule has 0 spiro atoms. The largest absolute Gasteiger partial charge is 0.503 e. The molecule has 2 aliphatic rings. The minimum atomic E-state index is -4.35. The summed E-state index contributed by atoms with van der Waals surface area (Å²) < 4.78 is 41.0. The molecule has 3 aromatic rings. The lowest BCUT2D eigenvalue weighted by Gasteiger charge is -2.31. The van der Waals surface area contributed by atoms with E-state index in [4.69, 9.17) is 15.0 Å². The number of nitrogens with zero attached hydrogens (tertiary/aromatic N) is 3. The van der Waals surface area contributed by atoms with Crippen LogP contribution in [0.5, 0.6) is 0 Å². The van der Waals surface area contributed by atoms with Crippen molar-refractivity contribution in [3.8, 4) is 0 Å². The lowest BCUT2D eigenvalue weighted by Crippen LogP contribution is -2.37. The van der Waals surface area contributed by atoms with E-state index in [9.17, 15) is 18.0 Å². The Bertz CT molecular complexity index is 1270. The van der Waals surface area contributed by atoms with Crippen LogP contribution in [0.4, 0.5) is 18.0 Å². The molecular weight excluding hydrogens is 499 g/mol. The highest BCUT2D eigenvalue weighted by Crippen LogP contribution is 2.34. The molecule has 0 atom stereocenters. The Morgan fingerprint density at radius 3 is 2.34 bits per heavy atom. The van der Waals surface area contributed by atoms with E-state index in [0.717, 1.165) is 59.6 Å². The van der Waals surface area contributed by atoms with Crippen molar-refractivity contribution in [3.63, 3.8) is 0 Å². The summed E-state index contributed by atoms with van der Waals surface area (Å²) in [4.78, 5) is 28.3. The maximum Gasteiger partial charge on any atom is 0.503 e. The van der Waals surface area contributed by atoms with Crippen LogP contribution in [0, 0.1) is 11.8 Å². The third-order valence-electron chi connectivity index (χ3n) is 7.59. The SMILES string of the molecule is CC1CCC(CC(=O)N2CCc3c(n(Cc4ccc(C(F)(F)F)cc4)c4ncccc34)C2)CC1.O=C(O)O. The van der Waals surface area contributed by atoms with Gasteiger partial charge in [-0.25, -0.2) is 9.78 Å². The van der Waals surface area contributed by atoms with Crippen molar-refractivity contribution in [1.29, 1.82) is 0 Å². The first-order chi connectivity index (χ1) is 18.0. The summed E-state index contributed by atoms with van der Waals surface area (Å²) >= 11 is 0. The van der Waals surface area contributed by atoms with E-state index >= 15 is 0 Å². The standard InChI is InChI=1S/C27H30F3N3O.CH2O3/c1-18-4-6-19(7-5-18)15-25(34)32-14-12-22-23-3-2-13-31-26(23)33(24(22)17-32)16-20-8-10-21(11-9-20)27(28,29)30;2-1(3)4/h2-3,8-11,13,18-19H,4-7,12,14-17H2,1H3;(H2,2,3,4). The Hall–Kier alpha value is -3.56. The molecule has 0 unspecified atom stereocenters. The molecule has 1 aromatic carbocycles. The topological polar surface area (TPSA) is 95.7 Å². The van der Waals surface area contributed by atoms with Crippen molar-refractivity contribution in [2.75, 3.05) is 6.54 Å². The highest BCUT2D eigenvalue weighted by atomic mass is 19.4. The van der Waals surface area contributed by atoms with E-state index in [-0.39, 0.29) is 5.91 Å². The van der Waals surface area contributed by atoms with Crippen LogP contribution in [0.25, 0.3) is 11.0 Å². The predicted octanol–water partition coefficient (Wildman–Crippen LogP) is 6.43. The maximum absolute atomic E-state index is 13.2. The molecule has 0 radical (unpaired) electrons. The van der Waals surface area contributed by atoms with Crippen molar-refractivity contribution in [2.45, 2.75) is 64.7 Å². The van der Waals surface area contributed by atoms with Gasteiger partial charge >= 0.3 is 12.3 Å². The van der Waals surface area contributed by atoms with Crippen molar-refractivity contribution in [1.82, 2.24) is 14.5 Å². The second-order valence-electron chi connectivity index (χ2n) is 10.3. The predicted molar refractivity (Wildman–Crippen MR) is 136 cm³/mol. The van der Waals surface area contributed by atoms with Crippen molar-refractivity contribution >= 4 is 23.1 Å². The van der Waals surface area contributed by atoms with Crippen LogP contribution >= 0.6 is 0 Å². The fraction of sp³-hybridized carbons (Fsp3) is 0.464. The van der Waals surface area contributed by atoms with Crippen LogP contribution in [0.1, 0.15) is 61.4 Å². The Morgan fingerprint density at radius 1 is 1.05 bits per heavy atom. The van der Waals surface area contributed by atoms with Gasteiger partial charge < -0.3 is 19.7 Å². The molecule has 204 valence electrons. The second kappa shape index (κ2) is 11.4. The fourth-order valence-electron chi connectivity index (χ4n) is 5.53. The lowest BCUT2D eigenvalue weighted by molar-refractivity contribution is -0.137. The lowest BCUT2D eigenvalue weighted by atomic mass is 9.81. The summed E-state index contributed by atoms with van der Waals surface area (Å²) in [6.07, 6.45) is 1.60. The third kappa shape index (κ3) is 6.46. The first-order valence-corrected chi connectivity index (χ1v) is 12.8. The number of hydrogen-bond acceptors (Lipinski definition) is 3. The number of aromatic nitrogens is 2. The normalized spacial score (nSPS) is 19.4. The summed E-state index contributed by atoms with van der Waals surface area (Å²) in [5.74, 6) is 1.45. The van der Waals surface area contributed by atoms with Gasteiger partial charge in [0.1, 0.15) is 5.65 Å². The molecular formula is C28H32F3N3O4. The Labute approximate surface area is 218 Å². The zero-order valence-electron chi connectivity index (χ0n) is 21.2. The monoisotopic (exact) mass is 531 g/mol. The van der Waals surface area contributed by atoms with E-state index in [1.807, 2.05) is 17.0 Å². The van der Waals surface area contributed by atoms with Crippen LogP contribution in [-0.4, -0.2) is 43.3 Å². The molecule has 0 bridgehead atoms. The average molecular weight is 532 g/mol. The summed E-state index contributed by atoms with van der Waals surface area (Å²) in [5, 5.41) is 15.0. The van der Waals surface area contributed by atoms with Crippen molar-refractivity contribution < 1.29 is 33.0 Å². The molecule has 1 aliphatic heterocycles. The molecule has 0 saturated heterocycles. The second-order valence-corrected chi connectivity index (χ2v) is 10.3. The first kappa shape index (κ1) is 27.5. The number of amides is 1. The number of fused-ring (bicyclic) bond motifs is 3. The zero-order chi connectivity index (χ0) is 27.4. The number of alkyl halides is 3. The van der Waals surface area contributed by atoms with Crippen LogP contribution in [0.15, 0.2) is 42.6 Å². The molecule has 1 amide bonds. The molecule has 5 rings (SSSR count). The number of pyridine rings is 1. The fourth-order valence-corrected chi connectivity index (χ4v) is 5.53. The van der Waals surface area contributed by atoms with Gasteiger partial charge in [-0.15, -0.1) is 0 Å². The Kier molecular flexibility index (Phi) is 8.28. The number of rotatable bonds is 4. The van der Waals surface area contributed by atoms with Crippen molar-refractivity contribution in [3.05, 3.63) is 65.0 Å². The van der Waals surface area contributed by atoms with Crippen LogP contribution in [-0.2, 0) is 30.5 Å². The number of hydrogen-bond donors (Lipinski definition) is 2. The number of halogens is 3. The van der Waals surface area contributed by atoms with Crippen LogP contribution in [0.2, 0.25) is 0 Å². The first-order valence-electron chi connectivity index (χ1n) is 12.8. The van der Waals surface area contributed by atoms with Crippen LogP contribution in [0.3, 0.4) is 0 Å². The molecule has 10 heteroatoms. The van der Waals surface area contributed by atoms with Crippen molar-refractivity contribution in [2.24, 2.45) is 11.8 Å². The number of carbonyl (C=O) groups excluding carboxylic acids is 1. The Morgan fingerprint density at radius 2 is 1.71 bits per heavy atom. The maximum atomic E-state index is 13.2. The summed E-state index contributed by atoms with van der Waals surface area (Å²) in [6, 6.07) is 9.26. The quantitative estimate of drug-likeness (QED) is 0.405. The average Bonchev–Trinajstić information content (AvgIpc) is 3.18. The number of carbonyl (C=O) groups is 2. The summed E-state index contributed by atoms with van der Waals surface area (Å²) in [6.45, 7) is 3.93. The van der Waals surface area contributed by atoms with Gasteiger partial charge in [0.25, 0.3) is 0 Å². The van der Waals surface area contributed by atoms with Gasteiger partial charge in [0.05, 0.1) is 12.1 Å². The molecule has 3 heterocycles. The van der Waals surface area contributed by atoms with Crippen LogP contribution < -0.4 is 0 Å².